The first-order valence-electron chi connectivity index (χ1n) is 5.84. The SMILES string of the molecule is CCCN(CC(=O)NC)c1snc(N)c1C(=O)OC. The number of rotatable bonds is 6. The lowest BCUT2D eigenvalue weighted by atomic mass is 10.3. The molecule has 0 fully saturated rings. The van der Waals surface area contributed by atoms with Crippen LogP contribution in [0.4, 0.5) is 10.8 Å². The van der Waals surface area contributed by atoms with Gasteiger partial charge in [0.25, 0.3) is 0 Å². The zero-order chi connectivity index (χ0) is 14.4. The second kappa shape index (κ2) is 6.93. The van der Waals surface area contributed by atoms with Crippen molar-refractivity contribution in [3.63, 3.8) is 0 Å². The molecular formula is C11H18N4O3S. The van der Waals surface area contributed by atoms with Gasteiger partial charge in [0.2, 0.25) is 5.91 Å². The Kier molecular flexibility index (Phi) is 5.56. The highest BCUT2D eigenvalue weighted by Crippen LogP contribution is 2.31. The summed E-state index contributed by atoms with van der Waals surface area (Å²) in [5, 5.41) is 3.11. The summed E-state index contributed by atoms with van der Waals surface area (Å²) >= 11 is 1.09. The van der Waals surface area contributed by atoms with Crippen LogP contribution in [0.3, 0.4) is 0 Å². The summed E-state index contributed by atoms with van der Waals surface area (Å²) in [5.74, 6) is -0.555. The van der Waals surface area contributed by atoms with E-state index in [9.17, 15) is 9.59 Å². The van der Waals surface area contributed by atoms with Crippen LogP contribution in [0.1, 0.15) is 23.7 Å². The van der Waals surface area contributed by atoms with Crippen molar-refractivity contribution in [2.24, 2.45) is 0 Å². The quantitative estimate of drug-likeness (QED) is 0.738. The van der Waals surface area contributed by atoms with E-state index in [1.165, 1.54) is 7.11 Å². The molecule has 1 heterocycles. The first-order chi connectivity index (χ1) is 9.04. The summed E-state index contributed by atoms with van der Waals surface area (Å²) in [6.45, 7) is 2.76. The first-order valence-corrected chi connectivity index (χ1v) is 6.61. The summed E-state index contributed by atoms with van der Waals surface area (Å²) in [6, 6.07) is 0. The van der Waals surface area contributed by atoms with Gasteiger partial charge in [0.1, 0.15) is 10.6 Å². The van der Waals surface area contributed by atoms with Crippen molar-refractivity contribution in [2.45, 2.75) is 13.3 Å². The standard InChI is InChI=1S/C11H18N4O3S/c1-4-5-15(6-7(16)13-2)10-8(11(17)18-3)9(12)14-19-10/h4-6H2,1-3H3,(H2,12,14)(H,13,16). The third-order valence-electron chi connectivity index (χ3n) is 2.48. The van der Waals surface area contributed by atoms with E-state index in [4.69, 9.17) is 10.5 Å². The molecule has 0 atom stereocenters. The highest BCUT2D eigenvalue weighted by Gasteiger charge is 2.24. The number of carbonyl (C=O) groups excluding carboxylic acids is 2. The second-order valence-electron chi connectivity index (χ2n) is 3.83. The number of aromatic nitrogens is 1. The number of nitrogen functional groups attached to an aromatic ring is 1. The zero-order valence-corrected chi connectivity index (χ0v) is 12.0. The van der Waals surface area contributed by atoms with Gasteiger partial charge in [-0.15, -0.1) is 0 Å². The Hall–Kier alpha value is -1.83. The molecule has 0 aromatic carbocycles. The number of methoxy groups -OCH3 is 1. The fourth-order valence-electron chi connectivity index (χ4n) is 1.58. The summed E-state index contributed by atoms with van der Waals surface area (Å²) in [7, 11) is 2.85. The minimum atomic E-state index is -0.542. The summed E-state index contributed by atoms with van der Waals surface area (Å²) in [4.78, 5) is 25.0. The number of nitrogens with two attached hydrogens (primary N) is 1. The molecule has 0 saturated heterocycles. The maximum absolute atomic E-state index is 11.7. The Morgan fingerprint density at radius 2 is 2.21 bits per heavy atom. The van der Waals surface area contributed by atoms with Gasteiger partial charge in [-0.1, -0.05) is 6.92 Å². The van der Waals surface area contributed by atoms with E-state index in [1.807, 2.05) is 6.92 Å². The van der Waals surface area contributed by atoms with Crippen molar-refractivity contribution in [2.75, 3.05) is 37.9 Å². The molecule has 7 nitrogen and oxygen atoms in total. The molecule has 19 heavy (non-hydrogen) atoms. The summed E-state index contributed by atoms with van der Waals surface area (Å²) in [5.41, 5.74) is 5.91. The smallest absolute Gasteiger partial charge is 0.344 e. The van der Waals surface area contributed by atoms with Gasteiger partial charge in [0.15, 0.2) is 5.82 Å². The van der Waals surface area contributed by atoms with Gasteiger partial charge >= 0.3 is 5.97 Å². The fourth-order valence-corrected chi connectivity index (χ4v) is 2.40. The molecule has 1 aromatic rings. The van der Waals surface area contributed by atoms with Gasteiger partial charge in [-0.25, -0.2) is 4.79 Å². The molecule has 106 valence electrons. The molecule has 0 aliphatic rings. The second-order valence-corrected chi connectivity index (χ2v) is 4.59. The molecule has 0 unspecified atom stereocenters. The van der Waals surface area contributed by atoms with Crippen LogP contribution in [0.5, 0.6) is 0 Å². The Balaban J connectivity index is 3.08. The van der Waals surface area contributed by atoms with Gasteiger partial charge in [0, 0.05) is 13.6 Å². The van der Waals surface area contributed by atoms with Crippen LogP contribution in [0.25, 0.3) is 0 Å². The average molecular weight is 286 g/mol. The number of carbonyl (C=O) groups is 2. The van der Waals surface area contributed by atoms with E-state index in [-0.39, 0.29) is 23.8 Å². The average Bonchev–Trinajstić information content (AvgIpc) is 2.79. The monoisotopic (exact) mass is 286 g/mol. The highest BCUT2D eigenvalue weighted by atomic mass is 32.1. The Morgan fingerprint density at radius 3 is 2.74 bits per heavy atom. The van der Waals surface area contributed by atoms with Gasteiger partial charge in [-0.3, -0.25) is 4.79 Å². The lowest BCUT2D eigenvalue weighted by molar-refractivity contribution is -0.119. The molecule has 0 saturated carbocycles. The van der Waals surface area contributed by atoms with Crippen LogP contribution in [0.15, 0.2) is 0 Å². The van der Waals surface area contributed by atoms with Crippen molar-refractivity contribution in [1.29, 1.82) is 0 Å². The van der Waals surface area contributed by atoms with E-state index in [2.05, 4.69) is 9.69 Å². The lowest BCUT2D eigenvalue weighted by Crippen LogP contribution is -2.36. The number of amides is 1. The molecule has 0 radical (unpaired) electrons. The lowest BCUT2D eigenvalue weighted by Gasteiger charge is -2.21. The normalized spacial score (nSPS) is 10.1. The molecule has 0 aliphatic carbocycles. The molecule has 0 bridgehead atoms. The number of nitrogens with zero attached hydrogens (tertiary/aromatic N) is 2. The Bertz CT molecular complexity index is 461. The molecule has 1 rings (SSSR count). The van der Waals surface area contributed by atoms with Gasteiger partial charge < -0.3 is 20.7 Å². The first kappa shape index (κ1) is 15.2. The summed E-state index contributed by atoms with van der Waals surface area (Å²) in [6.07, 6.45) is 0.829. The molecule has 0 aliphatic heterocycles. The molecule has 0 spiro atoms. The van der Waals surface area contributed by atoms with Crippen LogP contribution < -0.4 is 16.0 Å². The highest BCUT2D eigenvalue weighted by molar-refractivity contribution is 7.11. The van der Waals surface area contributed by atoms with E-state index in [1.54, 1.807) is 11.9 Å². The molecule has 8 heteroatoms. The topological polar surface area (TPSA) is 97.5 Å². The van der Waals surface area contributed by atoms with Crippen LogP contribution in [-0.2, 0) is 9.53 Å². The third kappa shape index (κ3) is 3.57. The minimum Gasteiger partial charge on any atom is -0.465 e. The number of nitrogens with one attached hydrogen (secondary N) is 1. The Morgan fingerprint density at radius 1 is 1.53 bits per heavy atom. The number of ether oxygens (including phenoxy) is 1. The molecule has 3 N–H and O–H groups in total. The Labute approximate surface area is 115 Å². The molecule has 1 aromatic heterocycles. The van der Waals surface area contributed by atoms with Crippen LogP contribution >= 0.6 is 11.5 Å². The van der Waals surface area contributed by atoms with Crippen molar-refractivity contribution in [1.82, 2.24) is 9.69 Å². The number of hydrogen-bond acceptors (Lipinski definition) is 7. The third-order valence-corrected chi connectivity index (χ3v) is 3.41. The van der Waals surface area contributed by atoms with Crippen molar-refractivity contribution in [3.05, 3.63) is 5.56 Å². The van der Waals surface area contributed by atoms with Gasteiger partial charge in [0.05, 0.1) is 13.7 Å². The zero-order valence-electron chi connectivity index (χ0n) is 11.2. The van der Waals surface area contributed by atoms with Gasteiger partial charge in [-0.2, -0.15) is 4.37 Å². The van der Waals surface area contributed by atoms with Crippen LogP contribution in [0.2, 0.25) is 0 Å². The van der Waals surface area contributed by atoms with Crippen molar-refractivity contribution >= 4 is 34.2 Å². The predicted molar refractivity (Wildman–Crippen MR) is 74.4 cm³/mol. The van der Waals surface area contributed by atoms with Crippen molar-refractivity contribution in [3.8, 4) is 0 Å². The van der Waals surface area contributed by atoms with Gasteiger partial charge in [-0.05, 0) is 18.0 Å². The van der Waals surface area contributed by atoms with E-state index >= 15 is 0 Å². The van der Waals surface area contributed by atoms with E-state index in [0.29, 0.717) is 11.5 Å². The number of hydrogen-bond donors (Lipinski definition) is 2. The number of esters is 1. The van der Waals surface area contributed by atoms with Crippen LogP contribution in [0, 0.1) is 0 Å². The summed E-state index contributed by atoms with van der Waals surface area (Å²) < 4.78 is 8.66. The molecular weight excluding hydrogens is 268 g/mol. The predicted octanol–water partition coefficient (Wildman–Crippen LogP) is 0.474. The number of anilines is 2. The largest absolute Gasteiger partial charge is 0.465 e. The van der Waals surface area contributed by atoms with E-state index < -0.39 is 5.97 Å². The minimum absolute atomic E-state index is 0.129. The van der Waals surface area contributed by atoms with E-state index in [0.717, 1.165) is 18.0 Å². The molecule has 1 amide bonds. The fraction of sp³-hybridized carbons (Fsp3) is 0.545. The van der Waals surface area contributed by atoms with Crippen LogP contribution in [-0.4, -0.2) is 43.5 Å². The maximum Gasteiger partial charge on any atom is 0.344 e. The van der Waals surface area contributed by atoms with Crippen molar-refractivity contribution < 1.29 is 14.3 Å². The maximum atomic E-state index is 11.7. The number of likely N-dealkylation sites (N-methyl/N-ethyl adjacent to an activating group) is 1.